The number of hydrogen-bond acceptors (Lipinski definition) is 4. The number of carbonyl (C=O) groups excluding carboxylic acids is 1. The zero-order valence-electron chi connectivity index (χ0n) is 11.3. The molecule has 21 heavy (non-hydrogen) atoms. The number of ether oxygens (including phenoxy) is 2. The van der Waals surface area contributed by atoms with E-state index in [4.69, 9.17) is 9.47 Å². The number of carbonyl (C=O) groups is 1. The summed E-state index contributed by atoms with van der Waals surface area (Å²) in [7, 11) is 0. The first-order valence-corrected chi connectivity index (χ1v) is 6.58. The third kappa shape index (κ3) is 3.22. The monoisotopic (exact) mass is 287 g/mol. The maximum Gasteiger partial charge on any atom is 0.290 e. The van der Waals surface area contributed by atoms with Gasteiger partial charge < -0.3 is 19.9 Å². The molecule has 3 rings (SSSR count). The third-order valence-corrected chi connectivity index (χ3v) is 2.99. The number of fused-ring (bicyclic) bond motifs is 1. The maximum atomic E-state index is 12.0. The number of aromatic hydroxyl groups is 1. The first-order chi connectivity index (χ1) is 10.2. The van der Waals surface area contributed by atoms with Gasteiger partial charge in [0, 0.05) is 17.8 Å². The van der Waals surface area contributed by atoms with Crippen molar-refractivity contribution in [1.82, 2.24) is 0 Å². The predicted octanol–water partition coefficient (Wildman–Crippen LogP) is 1.09. The number of amides is 1. The maximum absolute atomic E-state index is 12.0. The molecule has 2 N–H and O–H groups in total. The molecule has 0 spiro atoms. The Hall–Kier alpha value is -2.76. The number of benzene rings is 1. The molecule has 2 heterocycles. The van der Waals surface area contributed by atoms with E-state index >= 15 is 0 Å². The van der Waals surface area contributed by atoms with Crippen molar-refractivity contribution in [3.8, 4) is 17.2 Å². The van der Waals surface area contributed by atoms with Gasteiger partial charge in [0.25, 0.3) is 5.91 Å². The van der Waals surface area contributed by atoms with E-state index in [-0.39, 0.29) is 18.2 Å². The highest BCUT2D eigenvalue weighted by atomic mass is 16.6. The SMILES string of the molecule is O=C(C[n+]1cccc(O)c1)Nc1ccc2c(c1)OCCO2. The van der Waals surface area contributed by atoms with Crippen LogP contribution in [-0.4, -0.2) is 24.2 Å². The number of nitrogens with zero attached hydrogens (tertiary/aromatic N) is 1. The second kappa shape index (κ2) is 5.70. The molecule has 1 aromatic carbocycles. The van der Waals surface area contributed by atoms with Gasteiger partial charge in [0.15, 0.2) is 23.4 Å². The molecule has 0 saturated carbocycles. The Morgan fingerprint density at radius 3 is 2.86 bits per heavy atom. The van der Waals surface area contributed by atoms with Gasteiger partial charge in [-0.25, -0.2) is 0 Å². The fraction of sp³-hybridized carbons (Fsp3) is 0.200. The highest BCUT2D eigenvalue weighted by Crippen LogP contribution is 2.32. The van der Waals surface area contributed by atoms with Gasteiger partial charge in [-0.1, -0.05) is 0 Å². The van der Waals surface area contributed by atoms with Crippen molar-refractivity contribution < 1.29 is 23.9 Å². The highest BCUT2D eigenvalue weighted by molar-refractivity contribution is 5.90. The lowest BCUT2D eigenvalue weighted by molar-refractivity contribution is -0.684. The normalized spacial score (nSPS) is 12.8. The van der Waals surface area contributed by atoms with Gasteiger partial charge in [0.1, 0.15) is 13.2 Å². The van der Waals surface area contributed by atoms with E-state index in [9.17, 15) is 9.90 Å². The van der Waals surface area contributed by atoms with Crippen molar-refractivity contribution in [3.05, 3.63) is 42.7 Å². The minimum atomic E-state index is -0.192. The van der Waals surface area contributed by atoms with Crippen molar-refractivity contribution in [2.45, 2.75) is 6.54 Å². The smallest absolute Gasteiger partial charge is 0.290 e. The summed E-state index contributed by atoms with van der Waals surface area (Å²) >= 11 is 0. The van der Waals surface area contributed by atoms with E-state index in [1.54, 1.807) is 41.1 Å². The summed E-state index contributed by atoms with van der Waals surface area (Å²) in [6, 6.07) is 8.49. The van der Waals surface area contributed by atoms with E-state index in [0.29, 0.717) is 30.4 Å². The molecule has 2 aromatic rings. The Balaban J connectivity index is 1.67. The minimum absolute atomic E-state index is 0.114. The molecule has 1 aliphatic heterocycles. The molecular formula is C15H15N2O4+. The Kier molecular flexibility index (Phi) is 3.59. The summed E-state index contributed by atoms with van der Waals surface area (Å²) in [5, 5.41) is 12.1. The van der Waals surface area contributed by atoms with Crippen molar-refractivity contribution in [2.75, 3.05) is 18.5 Å². The third-order valence-electron chi connectivity index (χ3n) is 2.99. The van der Waals surface area contributed by atoms with Crippen molar-refractivity contribution in [3.63, 3.8) is 0 Å². The highest BCUT2D eigenvalue weighted by Gasteiger charge is 2.14. The number of aromatic nitrogens is 1. The molecule has 0 unspecified atom stereocenters. The topological polar surface area (TPSA) is 71.7 Å². The molecule has 0 saturated heterocycles. The lowest BCUT2D eigenvalue weighted by Gasteiger charge is -2.18. The van der Waals surface area contributed by atoms with E-state index in [1.807, 2.05) is 0 Å². The van der Waals surface area contributed by atoms with Crippen molar-refractivity contribution in [1.29, 1.82) is 0 Å². The summed E-state index contributed by atoms with van der Waals surface area (Å²) in [6.45, 7) is 1.15. The van der Waals surface area contributed by atoms with Crippen LogP contribution in [0.2, 0.25) is 0 Å². The molecule has 0 aliphatic carbocycles. The number of pyridine rings is 1. The molecule has 0 bridgehead atoms. The zero-order chi connectivity index (χ0) is 14.7. The van der Waals surface area contributed by atoms with Crippen LogP contribution >= 0.6 is 0 Å². The largest absolute Gasteiger partial charge is 0.503 e. The van der Waals surface area contributed by atoms with Crippen LogP contribution < -0.4 is 19.4 Å². The van der Waals surface area contributed by atoms with E-state index in [2.05, 4.69) is 5.32 Å². The lowest BCUT2D eigenvalue weighted by atomic mass is 10.2. The number of rotatable bonds is 3. The van der Waals surface area contributed by atoms with Crippen LogP contribution in [0, 0.1) is 0 Å². The van der Waals surface area contributed by atoms with Crippen LogP contribution in [0.1, 0.15) is 0 Å². The summed E-state index contributed by atoms with van der Waals surface area (Å²) in [5.74, 6) is 1.23. The molecular weight excluding hydrogens is 272 g/mol. The van der Waals surface area contributed by atoms with Gasteiger partial charge >= 0.3 is 0 Å². The van der Waals surface area contributed by atoms with Gasteiger partial charge in [-0.15, -0.1) is 0 Å². The van der Waals surface area contributed by atoms with E-state index in [0.717, 1.165) is 0 Å². The number of nitrogens with one attached hydrogen (secondary N) is 1. The van der Waals surface area contributed by atoms with Crippen LogP contribution in [0.25, 0.3) is 0 Å². The van der Waals surface area contributed by atoms with E-state index in [1.165, 1.54) is 6.20 Å². The van der Waals surface area contributed by atoms with Crippen LogP contribution in [-0.2, 0) is 11.3 Å². The van der Waals surface area contributed by atoms with Crippen LogP contribution in [0.5, 0.6) is 17.2 Å². The fourth-order valence-corrected chi connectivity index (χ4v) is 2.09. The van der Waals surface area contributed by atoms with Crippen molar-refractivity contribution >= 4 is 11.6 Å². The van der Waals surface area contributed by atoms with Gasteiger partial charge in [-0.05, 0) is 18.2 Å². The summed E-state index contributed by atoms with van der Waals surface area (Å²) in [6.07, 6.45) is 3.20. The lowest BCUT2D eigenvalue weighted by Crippen LogP contribution is -2.39. The molecule has 0 atom stereocenters. The Labute approximate surface area is 121 Å². The minimum Gasteiger partial charge on any atom is -0.503 e. The van der Waals surface area contributed by atoms with Gasteiger partial charge in [-0.3, -0.25) is 4.79 Å². The van der Waals surface area contributed by atoms with Gasteiger partial charge in [0.05, 0.1) is 0 Å². The fourth-order valence-electron chi connectivity index (χ4n) is 2.09. The Bertz CT molecular complexity index is 672. The first-order valence-electron chi connectivity index (χ1n) is 6.58. The zero-order valence-corrected chi connectivity index (χ0v) is 11.3. The van der Waals surface area contributed by atoms with Crippen LogP contribution in [0.15, 0.2) is 42.7 Å². The molecule has 6 nitrogen and oxygen atoms in total. The van der Waals surface area contributed by atoms with Crippen molar-refractivity contribution in [2.24, 2.45) is 0 Å². The predicted molar refractivity (Wildman–Crippen MR) is 74.4 cm³/mol. The van der Waals surface area contributed by atoms with Gasteiger partial charge in [-0.2, -0.15) is 4.57 Å². The molecule has 0 fully saturated rings. The van der Waals surface area contributed by atoms with E-state index < -0.39 is 0 Å². The van der Waals surface area contributed by atoms with Gasteiger partial charge in [0.2, 0.25) is 12.7 Å². The molecule has 1 amide bonds. The molecule has 1 aromatic heterocycles. The summed E-state index contributed by atoms with van der Waals surface area (Å²) in [4.78, 5) is 12.0. The quantitative estimate of drug-likeness (QED) is 0.829. The first kappa shape index (κ1) is 13.2. The second-order valence-corrected chi connectivity index (χ2v) is 4.64. The molecule has 6 heteroatoms. The summed E-state index contributed by atoms with van der Waals surface area (Å²) < 4.78 is 12.5. The average Bonchev–Trinajstić information content (AvgIpc) is 2.47. The molecule has 0 radical (unpaired) electrons. The average molecular weight is 287 g/mol. The Morgan fingerprint density at radius 1 is 1.24 bits per heavy atom. The molecule has 108 valence electrons. The molecule has 1 aliphatic rings. The number of anilines is 1. The second-order valence-electron chi connectivity index (χ2n) is 4.64. The van der Waals surface area contributed by atoms with Crippen LogP contribution in [0.3, 0.4) is 0 Å². The number of hydrogen-bond donors (Lipinski definition) is 2. The standard InChI is InChI=1S/C15H14N2O4/c18-12-2-1-5-17(9-12)10-15(19)16-11-3-4-13-14(8-11)21-7-6-20-13/h1-5,8-9H,6-7,10H2,(H-,16,18,19)/p+1. The summed E-state index contributed by atoms with van der Waals surface area (Å²) in [5.41, 5.74) is 0.644. The van der Waals surface area contributed by atoms with Crippen LogP contribution in [0.4, 0.5) is 5.69 Å². The Morgan fingerprint density at radius 2 is 2.05 bits per heavy atom.